The van der Waals surface area contributed by atoms with Gasteiger partial charge in [0, 0.05) is 62.6 Å². The lowest BCUT2D eigenvalue weighted by Gasteiger charge is -2.39. The van der Waals surface area contributed by atoms with Gasteiger partial charge in [0.2, 0.25) is 0 Å². The highest BCUT2D eigenvalue weighted by molar-refractivity contribution is 6.34. The molecule has 9 nitrogen and oxygen atoms in total. The van der Waals surface area contributed by atoms with Gasteiger partial charge in [-0.2, -0.15) is 0 Å². The van der Waals surface area contributed by atoms with E-state index in [0.29, 0.717) is 28.7 Å². The van der Waals surface area contributed by atoms with Crippen LogP contribution in [0.4, 0.5) is 0 Å². The van der Waals surface area contributed by atoms with Crippen molar-refractivity contribution in [2.75, 3.05) is 13.1 Å². The van der Waals surface area contributed by atoms with E-state index in [2.05, 4.69) is 44.7 Å². The minimum atomic E-state index is -1.50. The summed E-state index contributed by atoms with van der Waals surface area (Å²) in [7, 11) is 1.83. The molecule has 6 rings (SSSR count). The zero-order chi connectivity index (χ0) is 30.3. The summed E-state index contributed by atoms with van der Waals surface area (Å²) in [5.41, 5.74) is 4.18. The number of allylic oxidation sites excluding steroid dienone is 2. The van der Waals surface area contributed by atoms with Gasteiger partial charge in [-0.15, -0.1) is 24.0 Å². The number of benzene rings is 1. The van der Waals surface area contributed by atoms with Crippen LogP contribution in [-0.4, -0.2) is 61.4 Å². The maximum absolute atomic E-state index is 13.9. The third-order valence-electron chi connectivity index (χ3n) is 8.55. The van der Waals surface area contributed by atoms with Crippen LogP contribution in [0.5, 0.6) is 0 Å². The minimum Gasteiger partial charge on any atom is -0.327 e. The Bertz CT molecular complexity index is 1650. The Hall–Kier alpha value is -3.21. The molecule has 0 radical (unpaired) electrons. The van der Waals surface area contributed by atoms with Gasteiger partial charge in [-0.3, -0.25) is 19.5 Å². The summed E-state index contributed by atoms with van der Waals surface area (Å²) in [5, 5.41) is 8.98. The average molecular weight is 657 g/mol. The third kappa shape index (κ3) is 6.04. The first kappa shape index (κ1) is 32.2. The molecule has 232 valence electrons. The normalized spacial score (nSPS) is 21.1. The summed E-state index contributed by atoms with van der Waals surface area (Å²) in [5.74, 6) is -0.663. The molecule has 3 aromatic rings. The molecule has 3 aliphatic rings. The Labute approximate surface area is 273 Å². The smallest absolute Gasteiger partial charge is 0.289 e. The number of amides is 2. The van der Waals surface area contributed by atoms with Crippen molar-refractivity contribution in [1.29, 1.82) is 0 Å². The molecule has 44 heavy (non-hydrogen) atoms. The van der Waals surface area contributed by atoms with E-state index in [-0.39, 0.29) is 23.9 Å². The van der Waals surface area contributed by atoms with Crippen LogP contribution in [0.25, 0.3) is 5.57 Å². The Morgan fingerprint density at radius 2 is 1.91 bits per heavy atom. The summed E-state index contributed by atoms with van der Waals surface area (Å²) < 4.78 is 1.81. The van der Waals surface area contributed by atoms with Gasteiger partial charge < -0.3 is 20.5 Å². The summed E-state index contributed by atoms with van der Waals surface area (Å²) in [4.78, 5) is 39.3. The van der Waals surface area contributed by atoms with E-state index in [9.17, 15) is 9.59 Å². The van der Waals surface area contributed by atoms with E-state index in [4.69, 9.17) is 23.2 Å². The van der Waals surface area contributed by atoms with Gasteiger partial charge in [-0.25, -0.2) is 4.98 Å². The van der Waals surface area contributed by atoms with Crippen molar-refractivity contribution in [3.8, 4) is 0 Å². The van der Waals surface area contributed by atoms with Gasteiger partial charge in [0.1, 0.15) is 11.1 Å². The number of hydrogen-bond acceptors (Lipinski definition) is 6. The first-order valence-corrected chi connectivity index (χ1v) is 15.4. The van der Waals surface area contributed by atoms with Crippen LogP contribution in [0, 0.1) is 0 Å². The molecule has 2 unspecified atom stereocenters. The molecule has 12 heteroatoms. The summed E-state index contributed by atoms with van der Waals surface area (Å²) in [6, 6.07) is 9.62. The first-order valence-electron chi connectivity index (χ1n) is 14.6. The molecule has 0 saturated heterocycles. The molecule has 2 aromatic heterocycles. The van der Waals surface area contributed by atoms with Crippen molar-refractivity contribution >= 4 is 53.0 Å². The van der Waals surface area contributed by atoms with Gasteiger partial charge >= 0.3 is 0 Å². The number of alkyl halides is 1. The number of rotatable bonds is 6. The largest absolute Gasteiger partial charge is 0.327 e. The predicted molar refractivity (Wildman–Crippen MR) is 175 cm³/mol. The summed E-state index contributed by atoms with van der Waals surface area (Å²) >= 11 is 13.8. The minimum absolute atomic E-state index is 0. The first-order chi connectivity index (χ1) is 20.7. The molecule has 0 spiro atoms. The molecule has 3 N–H and O–H groups in total. The van der Waals surface area contributed by atoms with Crippen LogP contribution < -0.4 is 16.0 Å². The highest BCUT2D eigenvalue weighted by Crippen LogP contribution is 2.37. The van der Waals surface area contributed by atoms with Crippen LogP contribution in [0.15, 0.2) is 54.8 Å². The molecule has 0 saturated carbocycles. The Kier molecular flexibility index (Phi) is 9.53. The Balaban J connectivity index is 0.00000384. The van der Waals surface area contributed by atoms with Crippen LogP contribution >= 0.6 is 35.6 Å². The van der Waals surface area contributed by atoms with E-state index < -0.39 is 22.9 Å². The molecule has 4 heterocycles. The molecular weight excluding hydrogens is 621 g/mol. The van der Waals surface area contributed by atoms with E-state index in [1.54, 1.807) is 24.4 Å². The highest BCUT2D eigenvalue weighted by atomic mass is 35.5. The van der Waals surface area contributed by atoms with E-state index >= 15 is 0 Å². The number of carbonyl (C=O) groups is 2. The molecule has 2 aliphatic heterocycles. The lowest BCUT2D eigenvalue weighted by atomic mass is 9.88. The summed E-state index contributed by atoms with van der Waals surface area (Å²) in [6.07, 6.45) is 8.69. The number of aromatic nitrogens is 3. The van der Waals surface area contributed by atoms with Crippen molar-refractivity contribution in [3.05, 3.63) is 99.4 Å². The molecule has 0 fully saturated rings. The zero-order valence-corrected chi connectivity index (χ0v) is 27.2. The van der Waals surface area contributed by atoms with E-state index in [1.165, 1.54) is 0 Å². The SMILES string of the molecule is CC(C)N1CCc2cc(C(=O)NC3(NC(=O)c4nc5c(n4C)CCNC5)C=CC=C(c4ccccc4Cl)C3Cl)ncc2C1.Cl. The van der Waals surface area contributed by atoms with Crippen molar-refractivity contribution in [2.24, 2.45) is 7.05 Å². The van der Waals surface area contributed by atoms with Crippen molar-refractivity contribution in [3.63, 3.8) is 0 Å². The van der Waals surface area contributed by atoms with Crippen LogP contribution in [0.2, 0.25) is 5.02 Å². The second-order valence-electron chi connectivity index (χ2n) is 11.6. The molecule has 0 bridgehead atoms. The van der Waals surface area contributed by atoms with Crippen LogP contribution in [-0.2, 0) is 33.0 Å². The van der Waals surface area contributed by atoms with Crippen LogP contribution in [0.3, 0.4) is 0 Å². The number of pyridine rings is 1. The second-order valence-corrected chi connectivity index (χ2v) is 12.4. The maximum atomic E-state index is 13.9. The fourth-order valence-electron chi connectivity index (χ4n) is 6.06. The molecule has 1 aromatic carbocycles. The Morgan fingerprint density at radius 1 is 1.14 bits per heavy atom. The molecule has 1 aliphatic carbocycles. The molecule has 2 amide bonds. The van der Waals surface area contributed by atoms with E-state index in [0.717, 1.165) is 55.0 Å². The van der Waals surface area contributed by atoms with Gasteiger partial charge in [0.05, 0.1) is 5.69 Å². The number of nitrogens with zero attached hydrogens (tertiary/aromatic N) is 4. The maximum Gasteiger partial charge on any atom is 0.289 e. The Morgan fingerprint density at radius 3 is 2.66 bits per heavy atom. The number of halogens is 3. The van der Waals surface area contributed by atoms with Crippen LogP contribution in [0.1, 0.15) is 63.0 Å². The van der Waals surface area contributed by atoms with Gasteiger partial charge in [-0.1, -0.05) is 42.0 Å². The molecule has 2 atom stereocenters. The number of fused-ring (bicyclic) bond motifs is 2. The topological polar surface area (TPSA) is 104 Å². The van der Waals surface area contributed by atoms with Crippen molar-refractivity contribution in [1.82, 2.24) is 35.4 Å². The monoisotopic (exact) mass is 655 g/mol. The third-order valence-corrected chi connectivity index (χ3v) is 9.46. The fourth-order valence-corrected chi connectivity index (χ4v) is 6.68. The lowest BCUT2D eigenvalue weighted by Crippen LogP contribution is -2.65. The van der Waals surface area contributed by atoms with E-state index in [1.807, 2.05) is 42.0 Å². The summed E-state index contributed by atoms with van der Waals surface area (Å²) in [6.45, 7) is 7.47. The number of carbonyl (C=O) groups excluding carboxylic acids is 2. The number of hydrogen-bond donors (Lipinski definition) is 3. The predicted octanol–water partition coefficient (Wildman–Crippen LogP) is 4.42. The van der Waals surface area contributed by atoms with Crippen molar-refractivity contribution < 1.29 is 9.59 Å². The lowest BCUT2D eigenvalue weighted by molar-refractivity contribution is 0.0835. The van der Waals surface area contributed by atoms with Crippen molar-refractivity contribution in [2.45, 2.75) is 56.9 Å². The quantitative estimate of drug-likeness (QED) is 0.268. The van der Waals surface area contributed by atoms with Gasteiger partial charge in [0.15, 0.2) is 11.5 Å². The standard InChI is InChI=1S/C32H35Cl2N7O2.ClH/c1-19(2)41-14-11-20-15-25(36-16-21(20)18-41)30(42)38-32(12-6-8-23(28(32)34)22-7-4-5-9-24(22)33)39-31(43)29-37-26-17-35-13-10-27(26)40(29)3;/h4-9,12,15-16,19,28,35H,10-11,13-14,17-18H2,1-3H3,(H,38,42)(H,39,43);1H. The fraction of sp³-hybridized carbons (Fsp3) is 0.375. The second kappa shape index (κ2) is 13.0. The molecular formula is C32H36Cl3N7O2. The highest BCUT2D eigenvalue weighted by Gasteiger charge is 2.44. The zero-order valence-electron chi connectivity index (χ0n) is 24.9. The number of imidazole rings is 1. The number of nitrogens with one attached hydrogen (secondary N) is 3. The van der Waals surface area contributed by atoms with Gasteiger partial charge in [0.25, 0.3) is 11.8 Å². The average Bonchev–Trinajstić information content (AvgIpc) is 3.35. The van der Waals surface area contributed by atoms with Gasteiger partial charge in [-0.05, 0) is 60.7 Å².